The minimum atomic E-state index is -0.357. The molecule has 1 N–H and O–H groups in total. The highest BCUT2D eigenvalue weighted by molar-refractivity contribution is 6.05. The summed E-state index contributed by atoms with van der Waals surface area (Å²) in [5.74, 6) is -0.184. The molecule has 0 bridgehead atoms. The number of furan rings is 1. The first kappa shape index (κ1) is 19.1. The number of benzene rings is 1. The molecule has 0 spiro atoms. The van der Waals surface area contributed by atoms with Crippen molar-refractivity contribution in [1.29, 1.82) is 0 Å². The fraction of sp³-hybridized carbons (Fsp3) is 0.136. The Balaban J connectivity index is 1.74. The van der Waals surface area contributed by atoms with Gasteiger partial charge in [-0.25, -0.2) is 0 Å². The highest BCUT2D eigenvalue weighted by Gasteiger charge is 2.19. The molecule has 142 valence electrons. The van der Waals surface area contributed by atoms with Crippen LogP contribution in [0.25, 0.3) is 6.08 Å². The van der Waals surface area contributed by atoms with E-state index in [9.17, 15) is 9.59 Å². The molecule has 0 fully saturated rings. The number of hydrogen-bond donors (Lipinski definition) is 1. The predicted octanol–water partition coefficient (Wildman–Crippen LogP) is 3.15. The SMILES string of the molecule is CN(CCc1ccccn1)C(=O)C(=Cc1ccco1)NC(=O)c1ccccc1. The first-order valence-electron chi connectivity index (χ1n) is 8.90. The fourth-order valence-electron chi connectivity index (χ4n) is 2.59. The van der Waals surface area contributed by atoms with E-state index in [1.807, 2.05) is 24.3 Å². The topological polar surface area (TPSA) is 75.4 Å². The normalized spacial score (nSPS) is 11.1. The van der Waals surface area contributed by atoms with E-state index in [1.165, 1.54) is 12.3 Å². The Morgan fingerprint density at radius 3 is 2.54 bits per heavy atom. The summed E-state index contributed by atoms with van der Waals surface area (Å²) in [5, 5.41) is 2.71. The molecule has 0 unspecified atom stereocenters. The Labute approximate surface area is 163 Å². The van der Waals surface area contributed by atoms with Crippen LogP contribution in [0.2, 0.25) is 0 Å². The minimum Gasteiger partial charge on any atom is -0.465 e. The van der Waals surface area contributed by atoms with Gasteiger partial charge >= 0.3 is 0 Å². The number of carbonyl (C=O) groups is 2. The molecule has 2 amide bonds. The molecule has 28 heavy (non-hydrogen) atoms. The zero-order chi connectivity index (χ0) is 19.8. The average Bonchev–Trinajstić information content (AvgIpc) is 3.25. The molecule has 0 atom stereocenters. The Bertz CT molecular complexity index is 936. The van der Waals surface area contributed by atoms with Crippen molar-refractivity contribution in [2.75, 3.05) is 13.6 Å². The van der Waals surface area contributed by atoms with Gasteiger partial charge in [0.05, 0.1) is 6.26 Å². The van der Waals surface area contributed by atoms with E-state index in [0.29, 0.717) is 24.3 Å². The molecule has 0 radical (unpaired) electrons. The van der Waals surface area contributed by atoms with Crippen molar-refractivity contribution in [3.8, 4) is 0 Å². The van der Waals surface area contributed by atoms with E-state index in [2.05, 4.69) is 10.3 Å². The molecule has 0 aliphatic carbocycles. The van der Waals surface area contributed by atoms with E-state index >= 15 is 0 Å². The van der Waals surface area contributed by atoms with Crippen molar-refractivity contribution >= 4 is 17.9 Å². The van der Waals surface area contributed by atoms with Crippen molar-refractivity contribution in [2.45, 2.75) is 6.42 Å². The third-order valence-electron chi connectivity index (χ3n) is 4.12. The van der Waals surface area contributed by atoms with Crippen LogP contribution in [0, 0.1) is 0 Å². The Morgan fingerprint density at radius 2 is 1.86 bits per heavy atom. The molecule has 2 aromatic heterocycles. The highest BCUT2D eigenvalue weighted by atomic mass is 16.3. The lowest BCUT2D eigenvalue weighted by molar-refractivity contribution is -0.126. The number of nitrogens with one attached hydrogen (secondary N) is 1. The van der Waals surface area contributed by atoms with Crippen molar-refractivity contribution in [3.05, 3.63) is 95.8 Å². The van der Waals surface area contributed by atoms with Crippen molar-refractivity contribution in [2.24, 2.45) is 0 Å². The van der Waals surface area contributed by atoms with Gasteiger partial charge in [-0.1, -0.05) is 24.3 Å². The number of likely N-dealkylation sites (N-methyl/N-ethyl adjacent to an activating group) is 1. The van der Waals surface area contributed by atoms with E-state index < -0.39 is 0 Å². The third-order valence-corrected chi connectivity index (χ3v) is 4.12. The van der Waals surface area contributed by atoms with Crippen LogP contribution >= 0.6 is 0 Å². The van der Waals surface area contributed by atoms with E-state index in [0.717, 1.165) is 5.69 Å². The lowest BCUT2D eigenvalue weighted by Crippen LogP contribution is -2.37. The van der Waals surface area contributed by atoms with E-state index in [1.54, 1.807) is 54.5 Å². The van der Waals surface area contributed by atoms with Crippen LogP contribution in [0.1, 0.15) is 21.8 Å². The quantitative estimate of drug-likeness (QED) is 0.644. The number of hydrogen-bond acceptors (Lipinski definition) is 4. The zero-order valence-electron chi connectivity index (χ0n) is 15.5. The second kappa shape index (κ2) is 9.32. The van der Waals surface area contributed by atoms with E-state index in [4.69, 9.17) is 4.42 Å². The summed E-state index contributed by atoms with van der Waals surface area (Å²) in [4.78, 5) is 31.3. The van der Waals surface area contributed by atoms with Crippen LogP contribution in [-0.4, -0.2) is 35.3 Å². The van der Waals surface area contributed by atoms with E-state index in [-0.39, 0.29) is 17.5 Å². The van der Waals surface area contributed by atoms with Crippen molar-refractivity contribution < 1.29 is 14.0 Å². The monoisotopic (exact) mass is 375 g/mol. The molecule has 6 heteroatoms. The number of pyridine rings is 1. The van der Waals surface area contributed by atoms with Gasteiger partial charge in [0.15, 0.2) is 0 Å². The Kier molecular flexibility index (Phi) is 6.36. The third kappa shape index (κ3) is 5.17. The maximum Gasteiger partial charge on any atom is 0.270 e. The molecule has 1 aromatic carbocycles. The smallest absolute Gasteiger partial charge is 0.270 e. The zero-order valence-corrected chi connectivity index (χ0v) is 15.5. The summed E-state index contributed by atoms with van der Waals surface area (Å²) in [5.41, 5.74) is 1.51. The molecule has 3 aromatic rings. The summed E-state index contributed by atoms with van der Waals surface area (Å²) < 4.78 is 5.30. The van der Waals surface area contributed by atoms with Gasteiger partial charge in [-0.05, 0) is 36.4 Å². The molecule has 3 rings (SSSR count). The van der Waals surface area contributed by atoms with Crippen LogP contribution < -0.4 is 5.32 Å². The summed E-state index contributed by atoms with van der Waals surface area (Å²) in [6, 6.07) is 17.9. The number of aromatic nitrogens is 1. The maximum absolute atomic E-state index is 12.9. The summed E-state index contributed by atoms with van der Waals surface area (Å²) >= 11 is 0. The van der Waals surface area contributed by atoms with Gasteiger partial charge in [0.1, 0.15) is 11.5 Å². The molecular weight excluding hydrogens is 354 g/mol. The number of rotatable bonds is 7. The molecular formula is C22H21N3O3. The minimum absolute atomic E-state index is 0.146. The molecule has 0 saturated heterocycles. The lowest BCUT2D eigenvalue weighted by atomic mass is 10.2. The van der Waals surface area contributed by atoms with Crippen molar-refractivity contribution in [3.63, 3.8) is 0 Å². The average molecular weight is 375 g/mol. The van der Waals surface area contributed by atoms with Crippen LogP contribution in [0.4, 0.5) is 0 Å². The van der Waals surface area contributed by atoms with Crippen LogP contribution in [0.15, 0.2) is 83.2 Å². The Hall–Kier alpha value is -3.67. The Morgan fingerprint density at radius 1 is 1.07 bits per heavy atom. The van der Waals surface area contributed by atoms with Crippen LogP contribution in [0.3, 0.4) is 0 Å². The first-order valence-corrected chi connectivity index (χ1v) is 8.90. The first-order chi connectivity index (χ1) is 13.6. The summed E-state index contributed by atoms with van der Waals surface area (Å²) in [6.07, 6.45) is 5.38. The number of amides is 2. The van der Waals surface area contributed by atoms with Gasteiger partial charge in [0.25, 0.3) is 11.8 Å². The largest absolute Gasteiger partial charge is 0.465 e. The second-order valence-corrected chi connectivity index (χ2v) is 6.19. The molecule has 0 saturated carbocycles. The van der Waals surface area contributed by atoms with Crippen LogP contribution in [0.5, 0.6) is 0 Å². The molecule has 0 aliphatic heterocycles. The standard InChI is InChI=1S/C22H21N3O3/c1-25(14-12-18-10-5-6-13-23-18)22(27)20(16-19-11-7-15-28-19)24-21(26)17-8-3-2-4-9-17/h2-11,13,15-16H,12,14H2,1H3,(H,24,26). The van der Waals surface area contributed by atoms with Gasteiger partial charge in [-0.3, -0.25) is 14.6 Å². The second-order valence-electron chi connectivity index (χ2n) is 6.19. The number of nitrogens with zero attached hydrogens (tertiary/aromatic N) is 2. The maximum atomic E-state index is 12.9. The van der Waals surface area contributed by atoms with Crippen LogP contribution in [-0.2, 0) is 11.2 Å². The number of carbonyl (C=O) groups excluding carboxylic acids is 2. The predicted molar refractivity (Wildman–Crippen MR) is 106 cm³/mol. The highest BCUT2D eigenvalue weighted by Crippen LogP contribution is 2.10. The summed E-state index contributed by atoms with van der Waals surface area (Å²) in [7, 11) is 1.69. The fourth-order valence-corrected chi connectivity index (χ4v) is 2.59. The van der Waals surface area contributed by atoms with Crippen molar-refractivity contribution in [1.82, 2.24) is 15.2 Å². The van der Waals surface area contributed by atoms with Gasteiger partial charge < -0.3 is 14.6 Å². The van der Waals surface area contributed by atoms with Gasteiger partial charge in [-0.15, -0.1) is 0 Å². The summed E-state index contributed by atoms with van der Waals surface area (Å²) in [6.45, 7) is 0.465. The van der Waals surface area contributed by atoms with Gasteiger partial charge in [0, 0.05) is 43.5 Å². The lowest BCUT2D eigenvalue weighted by Gasteiger charge is -2.19. The van der Waals surface area contributed by atoms with Gasteiger partial charge in [0.2, 0.25) is 0 Å². The van der Waals surface area contributed by atoms with Gasteiger partial charge in [-0.2, -0.15) is 0 Å². The molecule has 6 nitrogen and oxygen atoms in total. The molecule has 2 heterocycles. The molecule has 0 aliphatic rings.